The van der Waals surface area contributed by atoms with E-state index in [1.54, 1.807) is 6.92 Å². The zero-order valence-corrected chi connectivity index (χ0v) is 8.07. The van der Waals surface area contributed by atoms with Gasteiger partial charge < -0.3 is 11.1 Å². The third-order valence-electron chi connectivity index (χ3n) is 1.30. The van der Waals surface area contributed by atoms with Gasteiger partial charge in [0.25, 0.3) is 5.91 Å². The molecule has 0 saturated heterocycles. The number of nitrogens with zero attached hydrogens (tertiary/aromatic N) is 1. The Morgan fingerprint density at radius 2 is 2.15 bits per heavy atom. The Kier molecular flexibility index (Phi) is 2.62. The number of nitrogens with two attached hydrogens (primary N) is 1. The predicted octanol–water partition coefficient (Wildman–Crippen LogP) is 0.509. The van der Waals surface area contributed by atoms with Crippen molar-refractivity contribution in [1.29, 1.82) is 0 Å². The van der Waals surface area contributed by atoms with Crippen molar-refractivity contribution < 1.29 is 9.59 Å². The van der Waals surface area contributed by atoms with Crippen molar-refractivity contribution >= 4 is 28.3 Å². The van der Waals surface area contributed by atoms with Crippen molar-refractivity contribution in [3.05, 3.63) is 10.6 Å². The van der Waals surface area contributed by atoms with E-state index in [2.05, 4.69) is 10.3 Å². The summed E-state index contributed by atoms with van der Waals surface area (Å²) in [6.07, 6.45) is 0. The lowest BCUT2D eigenvalue weighted by molar-refractivity contribution is -0.114. The molecule has 1 aromatic heterocycles. The smallest absolute Gasteiger partial charge is 0.260 e. The molecular formula is C7H9N3O2S. The Bertz CT molecular complexity index is 359. The highest BCUT2D eigenvalue weighted by atomic mass is 32.1. The van der Waals surface area contributed by atoms with Crippen molar-refractivity contribution in [2.24, 2.45) is 5.73 Å². The molecular weight excluding hydrogens is 190 g/mol. The van der Waals surface area contributed by atoms with Crippen molar-refractivity contribution in [3.8, 4) is 0 Å². The van der Waals surface area contributed by atoms with Gasteiger partial charge in [0.1, 0.15) is 4.88 Å². The van der Waals surface area contributed by atoms with Crippen LogP contribution in [-0.4, -0.2) is 16.8 Å². The summed E-state index contributed by atoms with van der Waals surface area (Å²) < 4.78 is 0. The molecule has 0 aliphatic rings. The molecule has 0 aromatic carbocycles. The van der Waals surface area contributed by atoms with Gasteiger partial charge in [-0.05, 0) is 6.92 Å². The number of hydrogen-bond acceptors (Lipinski definition) is 4. The molecule has 1 rings (SSSR count). The molecule has 13 heavy (non-hydrogen) atoms. The quantitative estimate of drug-likeness (QED) is 0.727. The van der Waals surface area contributed by atoms with Gasteiger partial charge in [-0.2, -0.15) is 0 Å². The molecule has 3 N–H and O–H groups in total. The summed E-state index contributed by atoms with van der Waals surface area (Å²) in [5.41, 5.74) is 5.62. The molecule has 0 bridgehead atoms. The van der Waals surface area contributed by atoms with Crippen LogP contribution in [0.5, 0.6) is 0 Å². The minimum Gasteiger partial charge on any atom is -0.365 e. The maximum Gasteiger partial charge on any atom is 0.260 e. The number of hydrogen-bond donors (Lipinski definition) is 2. The van der Waals surface area contributed by atoms with Crippen LogP contribution in [0.1, 0.15) is 22.3 Å². The topological polar surface area (TPSA) is 85.1 Å². The third-order valence-corrected chi connectivity index (χ3v) is 2.39. The second-order valence-electron chi connectivity index (χ2n) is 2.48. The Morgan fingerprint density at radius 3 is 2.54 bits per heavy atom. The van der Waals surface area contributed by atoms with Gasteiger partial charge in [0.15, 0.2) is 5.13 Å². The molecule has 1 heterocycles. The van der Waals surface area contributed by atoms with Crippen molar-refractivity contribution in [1.82, 2.24) is 4.98 Å². The van der Waals surface area contributed by atoms with E-state index in [0.717, 1.165) is 11.3 Å². The molecule has 2 amide bonds. The first kappa shape index (κ1) is 9.66. The number of aromatic nitrogens is 1. The number of rotatable bonds is 2. The van der Waals surface area contributed by atoms with Crippen molar-refractivity contribution in [2.75, 3.05) is 5.32 Å². The summed E-state index contributed by atoms with van der Waals surface area (Å²) in [5.74, 6) is -0.739. The SMILES string of the molecule is CC(=O)Nc1nc(C)c(C(N)=O)s1. The number of nitrogens with one attached hydrogen (secondary N) is 1. The maximum absolute atomic E-state index is 10.8. The van der Waals surface area contributed by atoms with E-state index in [4.69, 9.17) is 5.73 Å². The van der Waals surface area contributed by atoms with E-state index in [9.17, 15) is 9.59 Å². The summed E-state index contributed by atoms with van der Waals surface area (Å²) in [5, 5.41) is 2.88. The summed E-state index contributed by atoms with van der Waals surface area (Å²) in [6, 6.07) is 0. The lowest BCUT2D eigenvalue weighted by atomic mass is 10.4. The van der Waals surface area contributed by atoms with Crippen LogP contribution in [0.3, 0.4) is 0 Å². The van der Waals surface area contributed by atoms with Gasteiger partial charge >= 0.3 is 0 Å². The zero-order chi connectivity index (χ0) is 10.0. The van der Waals surface area contributed by atoms with Crippen LogP contribution >= 0.6 is 11.3 Å². The highest BCUT2D eigenvalue weighted by Gasteiger charge is 2.12. The van der Waals surface area contributed by atoms with Crippen molar-refractivity contribution in [3.63, 3.8) is 0 Å². The summed E-state index contributed by atoms with van der Waals surface area (Å²) in [7, 11) is 0. The van der Waals surface area contributed by atoms with Gasteiger partial charge in [-0.1, -0.05) is 11.3 Å². The lowest BCUT2D eigenvalue weighted by Gasteiger charge is -1.91. The maximum atomic E-state index is 10.8. The number of carbonyl (C=O) groups is 2. The van der Waals surface area contributed by atoms with E-state index in [-0.39, 0.29) is 5.91 Å². The van der Waals surface area contributed by atoms with E-state index < -0.39 is 5.91 Å². The number of amides is 2. The fourth-order valence-corrected chi connectivity index (χ4v) is 1.69. The van der Waals surface area contributed by atoms with Gasteiger partial charge in [-0.3, -0.25) is 9.59 Å². The van der Waals surface area contributed by atoms with Crippen LogP contribution in [0, 0.1) is 6.92 Å². The molecule has 0 aliphatic heterocycles. The summed E-state index contributed by atoms with van der Waals surface area (Å²) in [4.78, 5) is 25.8. The highest BCUT2D eigenvalue weighted by molar-refractivity contribution is 7.17. The Morgan fingerprint density at radius 1 is 1.54 bits per heavy atom. The molecule has 0 saturated carbocycles. The molecule has 0 spiro atoms. The Labute approximate surface area is 79.0 Å². The normalized spacial score (nSPS) is 9.69. The predicted molar refractivity (Wildman–Crippen MR) is 49.7 cm³/mol. The molecule has 0 unspecified atom stereocenters. The first-order valence-corrected chi connectivity index (χ1v) is 4.37. The molecule has 5 nitrogen and oxygen atoms in total. The van der Waals surface area contributed by atoms with Gasteiger partial charge in [0, 0.05) is 6.92 Å². The molecule has 0 aliphatic carbocycles. The Hall–Kier alpha value is -1.43. The molecule has 1 aromatic rings. The average molecular weight is 199 g/mol. The molecule has 70 valence electrons. The first-order chi connectivity index (χ1) is 6.00. The van der Waals surface area contributed by atoms with Crippen LogP contribution in [0.4, 0.5) is 5.13 Å². The van der Waals surface area contributed by atoms with Gasteiger partial charge in [0.2, 0.25) is 5.91 Å². The summed E-state index contributed by atoms with van der Waals surface area (Å²) >= 11 is 1.08. The molecule has 6 heteroatoms. The number of carbonyl (C=O) groups excluding carboxylic acids is 2. The van der Waals surface area contributed by atoms with Gasteiger partial charge in [-0.25, -0.2) is 4.98 Å². The fraction of sp³-hybridized carbons (Fsp3) is 0.286. The zero-order valence-electron chi connectivity index (χ0n) is 7.25. The fourth-order valence-electron chi connectivity index (χ4n) is 0.829. The van der Waals surface area contributed by atoms with Crippen LogP contribution in [-0.2, 0) is 4.79 Å². The Balaban J connectivity index is 2.95. The second-order valence-corrected chi connectivity index (χ2v) is 3.48. The van der Waals surface area contributed by atoms with Crippen LogP contribution in [0.2, 0.25) is 0 Å². The van der Waals surface area contributed by atoms with Crippen LogP contribution in [0.15, 0.2) is 0 Å². The van der Waals surface area contributed by atoms with Crippen LogP contribution < -0.4 is 11.1 Å². The molecule has 0 fully saturated rings. The van der Waals surface area contributed by atoms with Gasteiger partial charge in [0.05, 0.1) is 5.69 Å². The van der Waals surface area contributed by atoms with E-state index in [1.807, 2.05) is 0 Å². The minimum absolute atomic E-state index is 0.218. The second kappa shape index (κ2) is 3.53. The first-order valence-electron chi connectivity index (χ1n) is 3.55. The van der Waals surface area contributed by atoms with E-state index >= 15 is 0 Å². The van der Waals surface area contributed by atoms with Gasteiger partial charge in [-0.15, -0.1) is 0 Å². The van der Waals surface area contributed by atoms with Crippen molar-refractivity contribution in [2.45, 2.75) is 13.8 Å². The monoisotopic (exact) mass is 199 g/mol. The molecule has 0 radical (unpaired) electrons. The van der Waals surface area contributed by atoms with E-state index in [1.165, 1.54) is 6.92 Å². The number of thiazole rings is 1. The largest absolute Gasteiger partial charge is 0.365 e. The van der Waals surface area contributed by atoms with E-state index in [0.29, 0.717) is 15.7 Å². The van der Waals surface area contributed by atoms with Crippen LogP contribution in [0.25, 0.3) is 0 Å². The summed E-state index contributed by atoms with van der Waals surface area (Å²) in [6.45, 7) is 3.04. The lowest BCUT2D eigenvalue weighted by Crippen LogP contribution is -2.10. The number of anilines is 1. The molecule has 0 atom stereocenters. The average Bonchev–Trinajstić information content (AvgIpc) is 2.29. The highest BCUT2D eigenvalue weighted by Crippen LogP contribution is 2.21. The number of aryl methyl sites for hydroxylation is 1. The standard InChI is InChI=1S/C7H9N3O2S/c1-3-5(6(8)12)13-7(9-3)10-4(2)11/h1-2H3,(H2,8,12)(H,9,10,11). The third kappa shape index (κ3) is 2.25. The number of primary amides is 1. The minimum atomic E-state index is -0.522.